The third-order valence-electron chi connectivity index (χ3n) is 3.64. The Kier molecular flexibility index (Phi) is 3.48. The molecular weight excluding hydrogens is 240 g/mol. The molecule has 1 aromatic rings. The van der Waals surface area contributed by atoms with Crippen molar-refractivity contribution in [1.82, 2.24) is 0 Å². The van der Waals surface area contributed by atoms with Crippen molar-refractivity contribution in [2.24, 2.45) is 5.92 Å². The third-order valence-corrected chi connectivity index (χ3v) is 3.64. The first-order valence-corrected chi connectivity index (χ1v) is 6.59. The van der Waals surface area contributed by atoms with Gasteiger partial charge in [-0.15, -0.1) is 0 Å². The molecule has 0 radical (unpaired) electrons. The van der Waals surface area contributed by atoms with Crippen LogP contribution in [0.15, 0.2) is 24.3 Å². The van der Waals surface area contributed by atoms with Gasteiger partial charge in [-0.25, -0.2) is 0 Å². The number of carbonyl (C=O) groups excluding carboxylic acids is 2. The van der Waals surface area contributed by atoms with Gasteiger partial charge in [0, 0.05) is 0 Å². The van der Waals surface area contributed by atoms with Crippen molar-refractivity contribution in [3.8, 4) is 0 Å². The molecule has 1 aliphatic heterocycles. The van der Waals surface area contributed by atoms with E-state index in [0.29, 0.717) is 0 Å². The first-order chi connectivity index (χ1) is 8.79. The summed E-state index contributed by atoms with van der Waals surface area (Å²) in [5, 5.41) is 0. The average molecular weight is 260 g/mol. The minimum atomic E-state index is -0.418. The number of cyclic esters (lactones) is 1. The van der Waals surface area contributed by atoms with Crippen molar-refractivity contribution in [2.45, 2.75) is 45.6 Å². The monoisotopic (exact) mass is 260 g/mol. The van der Waals surface area contributed by atoms with Crippen LogP contribution in [-0.2, 0) is 19.7 Å². The van der Waals surface area contributed by atoms with Crippen molar-refractivity contribution in [3.63, 3.8) is 0 Å². The Balaban J connectivity index is 2.27. The Morgan fingerprint density at radius 2 is 1.79 bits per heavy atom. The van der Waals surface area contributed by atoms with Gasteiger partial charge < -0.3 is 4.74 Å². The van der Waals surface area contributed by atoms with Crippen molar-refractivity contribution >= 4 is 11.8 Å². The Hall–Kier alpha value is -1.64. The lowest BCUT2D eigenvalue weighted by atomic mass is 9.85. The highest BCUT2D eigenvalue weighted by atomic mass is 16.6. The second-order valence-electron chi connectivity index (χ2n) is 6.20. The molecule has 19 heavy (non-hydrogen) atoms. The number of ether oxygens (including phenoxy) is 1. The number of Topliss-reactive ketones (excluding diaryl/α,β-unsaturated/α-hetero) is 1. The second-order valence-corrected chi connectivity index (χ2v) is 6.20. The van der Waals surface area contributed by atoms with Gasteiger partial charge in [-0.3, -0.25) is 9.59 Å². The zero-order valence-electron chi connectivity index (χ0n) is 11.9. The molecule has 0 aliphatic carbocycles. The van der Waals surface area contributed by atoms with Crippen molar-refractivity contribution < 1.29 is 14.3 Å². The van der Waals surface area contributed by atoms with E-state index < -0.39 is 6.10 Å². The van der Waals surface area contributed by atoms with Crippen LogP contribution < -0.4 is 0 Å². The highest BCUT2D eigenvalue weighted by molar-refractivity contribution is 5.86. The van der Waals surface area contributed by atoms with Gasteiger partial charge in [0.1, 0.15) is 11.9 Å². The molecule has 3 heteroatoms. The summed E-state index contributed by atoms with van der Waals surface area (Å²) in [5.74, 6) is -0.617. The van der Waals surface area contributed by atoms with E-state index in [1.807, 2.05) is 24.3 Å². The summed E-state index contributed by atoms with van der Waals surface area (Å²) in [6, 6.07) is 8.00. The topological polar surface area (TPSA) is 43.4 Å². The lowest BCUT2D eigenvalue weighted by Crippen LogP contribution is -2.16. The molecule has 1 fully saturated rings. The fraction of sp³-hybridized carbons (Fsp3) is 0.500. The smallest absolute Gasteiger partial charge is 0.307 e. The summed E-state index contributed by atoms with van der Waals surface area (Å²) in [5.41, 5.74) is 2.21. The fourth-order valence-electron chi connectivity index (χ4n) is 2.39. The van der Waals surface area contributed by atoms with Crippen molar-refractivity contribution in [3.05, 3.63) is 35.4 Å². The first kappa shape index (κ1) is 13.8. The summed E-state index contributed by atoms with van der Waals surface area (Å²) in [4.78, 5) is 23.0. The molecule has 2 rings (SSSR count). The number of benzene rings is 1. The van der Waals surface area contributed by atoms with Crippen LogP contribution in [0.25, 0.3) is 0 Å². The SMILES string of the molecule is CC(=O)[C@H]1CC(=O)O[C@@H]1c1ccc(C(C)(C)C)cc1. The standard InChI is InChI=1S/C16H20O3/c1-10(17)13-9-14(18)19-15(13)11-5-7-12(8-6-11)16(2,3)4/h5-8,13,15H,9H2,1-4H3/t13-,15-/m1/s1. The van der Waals surface area contributed by atoms with Crippen LogP contribution in [0.5, 0.6) is 0 Å². The molecule has 2 atom stereocenters. The lowest BCUT2D eigenvalue weighted by Gasteiger charge is -2.21. The maximum absolute atomic E-state index is 11.6. The summed E-state index contributed by atoms with van der Waals surface area (Å²) in [6.45, 7) is 7.96. The minimum absolute atomic E-state index is 0.00995. The van der Waals surface area contributed by atoms with Crippen LogP contribution in [0.4, 0.5) is 0 Å². The van der Waals surface area contributed by atoms with Gasteiger partial charge in [-0.05, 0) is 23.5 Å². The van der Waals surface area contributed by atoms with Gasteiger partial charge in [0.05, 0.1) is 12.3 Å². The van der Waals surface area contributed by atoms with Gasteiger partial charge in [-0.1, -0.05) is 45.0 Å². The molecule has 1 aliphatic rings. The molecule has 3 nitrogen and oxygen atoms in total. The van der Waals surface area contributed by atoms with Crippen LogP contribution in [0.2, 0.25) is 0 Å². The number of rotatable bonds is 2. The van der Waals surface area contributed by atoms with Gasteiger partial charge in [0.15, 0.2) is 0 Å². The maximum atomic E-state index is 11.6. The predicted octanol–water partition coefficient (Wildman–Crippen LogP) is 3.18. The summed E-state index contributed by atoms with van der Waals surface area (Å²) >= 11 is 0. The van der Waals surface area contributed by atoms with Crippen LogP contribution in [0.1, 0.15) is 51.3 Å². The van der Waals surface area contributed by atoms with Gasteiger partial charge in [0.2, 0.25) is 0 Å². The first-order valence-electron chi connectivity index (χ1n) is 6.59. The van der Waals surface area contributed by atoms with Crippen LogP contribution in [0.3, 0.4) is 0 Å². The van der Waals surface area contributed by atoms with Gasteiger partial charge >= 0.3 is 5.97 Å². The van der Waals surface area contributed by atoms with Gasteiger partial charge in [0.25, 0.3) is 0 Å². The number of carbonyl (C=O) groups is 2. The number of esters is 1. The van der Waals surface area contributed by atoms with E-state index in [2.05, 4.69) is 20.8 Å². The fourth-order valence-corrected chi connectivity index (χ4v) is 2.39. The third kappa shape index (κ3) is 2.86. The molecule has 1 aromatic carbocycles. The molecule has 0 unspecified atom stereocenters. The number of hydrogen-bond acceptors (Lipinski definition) is 3. The van der Waals surface area contributed by atoms with E-state index in [9.17, 15) is 9.59 Å². The Morgan fingerprint density at radius 1 is 1.21 bits per heavy atom. The second kappa shape index (κ2) is 4.80. The average Bonchev–Trinajstić information content (AvgIpc) is 2.70. The van der Waals surface area contributed by atoms with E-state index >= 15 is 0 Å². The molecule has 0 spiro atoms. The Morgan fingerprint density at radius 3 is 2.26 bits per heavy atom. The largest absolute Gasteiger partial charge is 0.457 e. The van der Waals surface area contributed by atoms with E-state index in [4.69, 9.17) is 4.74 Å². The quantitative estimate of drug-likeness (QED) is 0.767. The predicted molar refractivity (Wildman–Crippen MR) is 72.8 cm³/mol. The van der Waals surface area contributed by atoms with E-state index in [0.717, 1.165) is 5.56 Å². The molecule has 0 N–H and O–H groups in total. The molecule has 0 aromatic heterocycles. The van der Waals surface area contributed by atoms with E-state index in [1.165, 1.54) is 12.5 Å². The van der Waals surface area contributed by atoms with E-state index in [1.54, 1.807) is 0 Å². The molecular formula is C16H20O3. The van der Waals surface area contributed by atoms with Crippen LogP contribution in [-0.4, -0.2) is 11.8 Å². The highest BCUT2D eigenvalue weighted by Crippen LogP contribution is 2.36. The molecule has 0 amide bonds. The summed E-state index contributed by atoms with van der Waals surface area (Å²) in [6.07, 6.45) is -0.222. The minimum Gasteiger partial charge on any atom is -0.457 e. The highest BCUT2D eigenvalue weighted by Gasteiger charge is 2.38. The van der Waals surface area contributed by atoms with Crippen molar-refractivity contribution in [1.29, 1.82) is 0 Å². The zero-order valence-corrected chi connectivity index (χ0v) is 11.9. The summed E-state index contributed by atoms with van der Waals surface area (Å²) < 4.78 is 5.29. The number of hydrogen-bond donors (Lipinski definition) is 0. The molecule has 1 heterocycles. The van der Waals surface area contributed by atoms with Crippen LogP contribution >= 0.6 is 0 Å². The Bertz CT molecular complexity index is 494. The number of ketones is 1. The van der Waals surface area contributed by atoms with Crippen molar-refractivity contribution in [2.75, 3.05) is 0 Å². The van der Waals surface area contributed by atoms with E-state index in [-0.39, 0.29) is 29.5 Å². The molecule has 102 valence electrons. The van der Waals surface area contributed by atoms with Crippen LogP contribution in [0, 0.1) is 5.92 Å². The summed E-state index contributed by atoms with van der Waals surface area (Å²) in [7, 11) is 0. The molecule has 0 saturated carbocycles. The molecule has 0 bridgehead atoms. The Labute approximate surface area is 114 Å². The zero-order chi connectivity index (χ0) is 14.2. The molecule has 1 saturated heterocycles. The maximum Gasteiger partial charge on any atom is 0.307 e. The van der Waals surface area contributed by atoms with Gasteiger partial charge in [-0.2, -0.15) is 0 Å². The normalized spacial score (nSPS) is 23.3. The lowest BCUT2D eigenvalue weighted by molar-refractivity contribution is -0.141.